The van der Waals surface area contributed by atoms with Crippen LogP contribution in [0, 0.1) is 16.7 Å². The number of aliphatic hydroxyl groups excluding tert-OH is 1. The topological polar surface area (TPSA) is 177 Å². The van der Waals surface area contributed by atoms with E-state index >= 15 is 0 Å². The predicted molar refractivity (Wildman–Crippen MR) is 216 cm³/mol. The number of aromatic nitrogens is 1. The summed E-state index contributed by atoms with van der Waals surface area (Å²) in [7, 11) is 1.23. The number of methoxy groups -OCH3 is 1. The fourth-order valence-corrected chi connectivity index (χ4v) is 6.55. The molecule has 0 aliphatic carbocycles. The molecule has 14 heteroatoms. The summed E-state index contributed by atoms with van der Waals surface area (Å²) >= 11 is 0. The number of carbonyl (C=O) groups excluding carboxylic acids is 4. The summed E-state index contributed by atoms with van der Waals surface area (Å²) < 4.78 is 4.79. The molecule has 5 N–H and O–H groups in total. The normalized spacial score (nSPS) is 16.6. The standard InChI is InChI=1S/C42H67N7O7/c1-12-28(2)34(49-24-23-47(39(49)54)26-30-19-16-20-33(43-30)42(9,10)55)36(51)44-31(25-29-17-14-13-15-18-29)32(50)27-48(22-21-40(3,4)5)46-37(52)35(41(6,7)8)45-38(53)56-11/h13-20,28,31-32,34-35,50,55H,12,21-27H2,1-11H3,(H,44,51)(H,45,53)(H,46,52). The van der Waals surface area contributed by atoms with Crippen LogP contribution in [-0.4, -0.2) is 111 Å². The minimum atomic E-state index is -1.15. The number of hydrogen-bond acceptors (Lipinski definition) is 9. The average Bonchev–Trinajstić information content (AvgIpc) is 3.46. The van der Waals surface area contributed by atoms with Crippen LogP contribution in [0.15, 0.2) is 48.5 Å². The van der Waals surface area contributed by atoms with Gasteiger partial charge >= 0.3 is 12.1 Å². The van der Waals surface area contributed by atoms with Crippen molar-refractivity contribution < 1.29 is 34.1 Å². The molecule has 1 aromatic carbocycles. The van der Waals surface area contributed by atoms with Crippen molar-refractivity contribution in [2.45, 2.75) is 125 Å². The third-order valence-electron chi connectivity index (χ3n) is 10.2. The number of pyridine rings is 1. The summed E-state index contributed by atoms with van der Waals surface area (Å²) in [4.78, 5) is 62.2. The molecule has 5 amide bonds. The molecular formula is C42H67N7O7. The molecule has 1 aliphatic rings. The number of rotatable bonds is 18. The molecule has 2 heterocycles. The Bertz CT molecular complexity index is 1600. The largest absolute Gasteiger partial charge is 0.453 e. The zero-order valence-electron chi connectivity index (χ0n) is 35.4. The molecule has 0 bridgehead atoms. The smallest absolute Gasteiger partial charge is 0.407 e. The maximum Gasteiger partial charge on any atom is 0.407 e. The van der Waals surface area contributed by atoms with Gasteiger partial charge in [0.1, 0.15) is 17.7 Å². The van der Waals surface area contributed by atoms with Crippen LogP contribution >= 0.6 is 0 Å². The van der Waals surface area contributed by atoms with Crippen molar-refractivity contribution in [1.82, 2.24) is 35.9 Å². The van der Waals surface area contributed by atoms with Crippen LogP contribution in [0.2, 0.25) is 0 Å². The van der Waals surface area contributed by atoms with Crippen molar-refractivity contribution in [3.05, 3.63) is 65.5 Å². The average molecular weight is 782 g/mol. The Labute approximate surface area is 333 Å². The van der Waals surface area contributed by atoms with Gasteiger partial charge in [-0.25, -0.2) is 14.6 Å². The summed E-state index contributed by atoms with van der Waals surface area (Å²) in [6.07, 6.45) is -0.302. The SMILES string of the molecule is CCC(C)C(C(=O)NC(Cc1ccccc1)C(O)CN(CCC(C)(C)C)NC(=O)C(NC(=O)OC)C(C)(C)C)N1CCN(Cc2cccc(C(C)(C)O)n2)C1=O. The Hall–Kier alpha value is -4.27. The summed E-state index contributed by atoms with van der Waals surface area (Å²) in [5.74, 6) is -1.05. The number of aliphatic hydroxyl groups is 2. The van der Waals surface area contributed by atoms with Gasteiger partial charge in [-0.1, -0.05) is 98.2 Å². The van der Waals surface area contributed by atoms with Gasteiger partial charge in [-0.15, -0.1) is 0 Å². The fourth-order valence-electron chi connectivity index (χ4n) is 6.55. The Morgan fingerprint density at radius 2 is 1.61 bits per heavy atom. The molecule has 14 nitrogen and oxygen atoms in total. The van der Waals surface area contributed by atoms with E-state index in [1.165, 1.54) is 7.11 Å². The molecule has 312 valence electrons. The van der Waals surface area contributed by atoms with E-state index in [9.17, 15) is 29.4 Å². The fraction of sp³-hybridized carbons (Fsp3) is 0.643. The van der Waals surface area contributed by atoms with Gasteiger partial charge in [0.15, 0.2) is 0 Å². The van der Waals surface area contributed by atoms with Gasteiger partial charge in [0, 0.05) is 26.2 Å². The first-order chi connectivity index (χ1) is 26.0. The molecular weight excluding hydrogens is 715 g/mol. The van der Waals surface area contributed by atoms with Gasteiger partial charge in [0.2, 0.25) is 5.91 Å². The molecule has 3 rings (SSSR count). The van der Waals surface area contributed by atoms with Crippen molar-refractivity contribution in [2.24, 2.45) is 16.7 Å². The number of benzene rings is 1. The van der Waals surface area contributed by atoms with Gasteiger partial charge in [0.05, 0.1) is 37.2 Å². The summed E-state index contributed by atoms with van der Waals surface area (Å²) in [6, 6.07) is 12.0. The highest BCUT2D eigenvalue weighted by Crippen LogP contribution is 2.25. The molecule has 0 saturated carbocycles. The van der Waals surface area contributed by atoms with Crippen LogP contribution in [0.3, 0.4) is 0 Å². The van der Waals surface area contributed by atoms with Crippen LogP contribution in [0.4, 0.5) is 9.59 Å². The van der Waals surface area contributed by atoms with Crippen molar-refractivity contribution in [2.75, 3.05) is 33.3 Å². The number of hydrazine groups is 1. The van der Waals surface area contributed by atoms with Crippen LogP contribution < -0.4 is 16.1 Å². The molecule has 5 unspecified atom stereocenters. The van der Waals surface area contributed by atoms with E-state index in [1.807, 2.05) is 71.0 Å². The molecule has 5 atom stereocenters. The van der Waals surface area contributed by atoms with Crippen molar-refractivity contribution in [1.29, 1.82) is 0 Å². The van der Waals surface area contributed by atoms with Crippen molar-refractivity contribution >= 4 is 23.9 Å². The molecule has 1 saturated heterocycles. The number of nitrogens with one attached hydrogen (secondary N) is 3. The Morgan fingerprint density at radius 3 is 2.18 bits per heavy atom. The second-order valence-electron chi connectivity index (χ2n) is 17.8. The number of urea groups is 1. The Balaban J connectivity index is 1.89. The zero-order chi connectivity index (χ0) is 42.0. The van der Waals surface area contributed by atoms with E-state index in [-0.39, 0.29) is 36.4 Å². The predicted octanol–water partition coefficient (Wildman–Crippen LogP) is 4.59. The number of amides is 5. The zero-order valence-corrected chi connectivity index (χ0v) is 35.4. The van der Waals surface area contributed by atoms with Crippen LogP contribution in [0.25, 0.3) is 0 Å². The highest BCUT2D eigenvalue weighted by atomic mass is 16.5. The minimum Gasteiger partial charge on any atom is -0.453 e. The first kappa shape index (κ1) is 46.1. The van der Waals surface area contributed by atoms with Gasteiger partial charge in [-0.3, -0.25) is 20.0 Å². The molecule has 1 aromatic heterocycles. The second kappa shape index (κ2) is 19.7. The molecule has 0 radical (unpaired) electrons. The number of hydrogen-bond donors (Lipinski definition) is 5. The van der Waals surface area contributed by atoms with E-state index in [0.717, 1.165) is 5.56 Å². The van der Waals surface area contributed by atoms with Crippen LogP contribution in [0.1, 0.15) is 99.0 Å². The number of ether oxygens (including phenoxy) is 1. The lowest BCUT2D eigenvalue weighted by atomic mass is 9.86. The second-order valence-corrected chi connectivity index (χ2v) is 17.8. The monoisotopic (exact) mass is 782 g/mol. The minimum absolute atomic E-state index is 0.0319. The van der Waals surface area contributed by atoms with Crippen molar-refractivity contribution in [3.63, 3.8) is 0 Å². The Kier molecular flexibility index (Phi) is 16.3. The molecule has 0 spiro atoms. The lowest BCUT2D eigenvalue weighted by Crippen LogP contribution is -2.60. The molecule has 1 aliphatic heterocycles. The molecule has 56 heavy (non-hydrogen) atoms. The summed E-state index contributed by atoms with van der Waals surface area (Å²) in [5, 5.41) is 29.9. The lowest BCUT2D eigenvalue weighted by Gasteiger charge is -2.36. The maximum atomic E-state index is 14.4. The van der Waals surface area contributed by atoms with E-state index in [4.69, 9.17) is 4.74 Å². The van der Waals surface area contributed by atoms with Gasteiger partial charge < -0.3 is 35.4 Å². The maximum absolute atomic E-state index is 14.4. The van der Waals surface area contributed by atoms with E-state index < -0.39 is 47.2 Å². The van der Waals surface area contributed by atoms with Crippen LogP contribution in [0.5, 0.6) is 0 Å². The Morgan fingerprint density at radius 1 is 0.946 bits per heavy atom. The van der Waals surface area contributed by atoms with Gasteiger partial charge in [0.25, 0.3) is 5.91 Å². The van der Waals surface area contributed by atoms with Gasteiger partial charge in [-0.05, 0) is 61.1 Å². The van der Waals surface area contributed by atoms with E-state index in [2.05, 4.69) is 41.8 Å². The first-order valence-electron chi connectivity index (χ1n) is 19.7. The number of alkyl carbamates (subject to hydrolysis) is 1. The molecule has 1 fully saturated rings. The van der Waals surface area contributed by atoms with Gasteiger partial charge in [-0.2, -0.15) is 0 Å². The van der Waals surface area contributed by atoms with E-state index in [1.54, 1.807) is 40.8 Å². The first-order valence-corrected chi connectivity index (χ1v) is 19.7. The van der Waals surface area contributed by atoms with Crippen molar-refractivity contribution in [3.8, 4) is 0 Å². The summed E-state index contributed by atoms with van der Waals surface area (Å²) in [5.41, 5.74) is 3.06. The number of nitrogens with zero attached hydrogens (tertiary/aromatic N) is 4. The van der Waals surface area contributed by atoms with Crippen LogP contribution in [-0.2, 0) is 32.9 Å². The lowest BCUT2D eigenvalue weighted by molar-refractivity contribution is -0.132. The molecule has 2 aromatic rings. The third kappa shape index (κ3) is 13.7. The highest BCUT2D eigenvalue weighted by Gasteiger charge is 2.41. The third-order valence-corrected chi connectivity index (χ3v) is 10.2. The highest BCUT2D eigenvalue weighted by molar-refractivity contribution is 5.88. The summed E-state index contributed by atoms with van der Waals surface area (Å²) in [6.45, 7) is 20.3. The quantitative estimate of drug-likeness (QED) is 0.136. The van der Waals surface area contributed by atoms with E-state index in [0.29, 0.717) is 50.3 Å². The number of carbonyl (C=O) groups is 4.